The Balaban J connectivity index is 2.55. The Morgan fingerprint density at radius 1 is 1.16 bits per heavy atom. The van der Waals surface area contributed by atoms with Crippen LogP contribution < -0.4 is 16.0 Å². The maximum absolute atomic E-state index is 11.6. The number of hydrogen-bond acceptors (Lipinski definition) is 4. The molecule has 100 valence electrons. The summed E-state index contributed by atoms with van der Waals surface area (Å²) in [6.45, 7) is 1.20. The third-order valence-electron chi connectivity index (χ3n) is 2.08. The lowest BCUT2D eigenvalue weighted by atomic mass is 10.2. The fraction of sp³-hybridized carbons (Fsp3) is 0.0833. The topological polar surface area (TPSA) is 98.3 Å². The first kappa shape index (κ1) is 14.7. The lowest BCUT2D eigenvalue weighted by Crippen LogP contribution is -2.41. The van der Waals surface area contributed by atoms with Crippen LogP contribution >= 0.6 is 11.6 Å². The molecule has 0 radical (unpaired) electrons. The average Bonchev–Trinajstić information content (AvgIpc) is 2.36. The van der Waals surface area contributed by atoms with Crippen LogP contribution in [-0.2, 0) is 9.59 Å². The number of amides is 2. The zero-order valence-electron chi connectivity index (χ0n) is 9.90. The SMILES string of the molecule is C/C(=C/C(=O)NNC(=O)c1ccc(Cl)cc1)C(=O)[O-]. The molecule has 0 bridgehead atoms. The number of carboxylic acid groups (broad SMARTS) is 1. The molecule has 0 spiro atoms. The van der Waals surface area contributed by atoms with Crippen LogP contribution in [-0.4, -0.2) is 17.8 Å². The molecule has 0 aliphatic carbocycles. The highest BCUT2D eigenvalue weighted by atomic mass is 35.5. The van der Waals surface area contributed by atoms with Gasteiger partial charge >= 0.3 is 0 Å². The summed E-state index contributed by atoms with van der Waals surface area (Å²) in [7, 11) is 0. The number of hydrazine groups is 1. The van der Waals surface area contributed by atoms with E-state index in [-0.39, 0.29) is 5.57 Å². The van der Waals surface area contributed by atoms with E-state index in [1.807, 2.05) is 5.43 Å². The van der Waals surface area contributed by atoms with Crippen molar-refractivity contribution in [3.05, 3.63) is 46.5 Å². The van der Waals surface area contributed by atoms with Gasteiger partial charge in [0.1, 0.15) is 0 Å². The number of carbonyl (C=O) groups excluding carboxylic acids is 3. The standard InChI is InChI=1S/C12H11ClN2O4/c1-7(12(18)19)6-10(16)14-15-11(17)8-2-4-9(13)5-3-8/h2-6H,1H3,(H,14,16)(H,15,17)(H,18,19)/p-1/b7-6-. The Morgan fingerprint density at radius 2 is 1.74 bits per heavy atom. The zero-order chi connectivity index (χ0) is 14.4. The van der Waals surface area contributed by atoms with E-state index in [1.54, 1.807) is 0 Å². The van der Waals surface area contributed by atoms with E-state index in [0.29, 0.717) is 10.6 Å². The monoisotopic (exact) mass is 281 g/mol. The van der Waals surface area contributed by atoms with E-state index < -0.39 is 17.8 Å². The fourth-order valence-electron chi connectivity index (χ4n) is 1.08. The first-order chi connectivity index (χ1) is 8.90. The summed E-state index contributed by atoms with van der Waals surface area (Å²) >= 11 is 5.66. The van der Waals surface area contributed by atoms with Crippen LogP contribution in [0.1, 0.15) is 17.3 Å². The van der Waals surface area contributed by atoms with Crippen LogP contribution in [0, 0.1) is 0 Å². The first-order valence-corrected chi connectivity index (χ1v) is 5.53. The second-order valence-electron chi connectivity index (χ2n) is 3.57. The van der Waals surface area contributed by atoms with Gasteiger partial charge in [0.25, 0.3) is 11.8 Å². The number of carbonyl (C=O) groups is 3. The highest BCUT2D eigenvalue weighted by Crippen LogP contribution is 2.08. The van der Waals surface area contributed by atoms with Crippen LogP contribution in [0.3, 0.4) is 0 Å². The van der Waals surface area contributed by atoms with Crippen molar-refractivity contribution in [2.45, 2.75) is 6.92 Å². The molecular formula is C12H10ClN2O4-. The van der Waals surface area contributed by atoms with Crippen molar-refractivity contribution in [2.75, 3.05) is 0 Å². The van der Waals surface area contributed by atoms with Crippen LogP contribution in [0.5, 0.6) is 0 Å². The van der Waals surface area contributed by atoms with Gasteiger partial charge in [0, 0.05) is 16.7 Å². The molecule has 19 heavy (non-hydrogen) atoms. The van der Waals surface area contributed by atoms with Crippen molar-refractivity contribution in [1.29, 1.82) is 0 Å². The molecule has 0 aliphatic rings. The molecular weight excluding hydrogens is 272 g/mol. The molecule has 0 atom stereocenters. The minimum Gasteiger partial charge on any atom is -0.545 e. The summed E-state index contributed by atoms with van der Waals surface area (Å²) in [6, 6.07) is 6.01. The number of benzene rings is 1. The summed E-state index contributed by atoms with van der Waals surface area (Å²) in [5.41, 5.74) is 4.21. The Hall–Kier alpha value is -2.34. The van der Waals surface area contributed by atoms with Crippen molar-refractivity contribution < 1.29 is 19.5 Å². The third-order valence-corrected chi connectivity index (χ3v) is 2.33. The van der Waals surface area contributed by atoms with Gasteiger partial charge in [-0.15, -0.1) is 0 Å². The van der Waals surface area contributed by atoms with E-state index in [4.69, 9.17) is 11.6 Å². The zero-order valence-corrected chi connectivity index (χ0v) is 10.7. The molecule has 0 aliphatic heterocycles. The molecule has 0 unspecified atom stereocenters. The Labute approximate surface area is 114 Å². The molecule has 7 heteroatoms. The molecule has 0 heterocycles. The Kier molecular flexibility index (Phi) is 5.08. The summed E-state index contributed by atoms with van der Waals surface area (Å²) in [5.74, 6) is -2.78. The number of hydrogen-bond donors (Lipinski definition) is 2. The molecule has 0 saturated heterocycles. The van der Waals surface area contributed by atoms with E-state index in [0.717, 1.165) is 6.08 Å². The molecule has 1 aromatic rings. The van der Waals surface area contributed by atoms with Gasteiger partial charge in [-0.25, -0.2) is 0 Å². The second-order valence-corrected chi connectivity index (χ2v) is 4.00. The van der Waals surface area contributed by atoms with Gasteiger partial charge in [0.15, 0.2) is 0 Å². The number of carboxylic acids is 1. The third kappa shape index (κ3) is 4.81. The van der Waals surface area contributed by atoms with Gasteiger partial charge < -0.3 is 9.90 Å². The predicted molar refractivity (Wildman–Crippen MR) is 65.8 cm³/mol. The van der Waals surface area contributed by atoms with Gasteiger partial charge in [-0.1, -0.05) is 11.6 Å². The van der Waals surface area contributed by atoms with Crippen LogP contribution in [0.25, 0.3) is 0 Å². The van der Waals surface area contributed by atoms with Gasteiger partial charge in [0.2, 0.25) is 0 Å². The molecule has 0 aromatic heterocycles. The minimum atomic E-state index is -1.46. The lowest BCUT2D eigenvalue weighted by molar-refractivity contribution is -0.299. The highest BCUT2D eigenvalue weighted by Gasteiger charge is 2.06. The maximum atomic E-state index is 11.6. The van der Waals surface area contributed by atoms with Crippen LogP contribution in [0.15, 0.2) is 35.9 Å². The van der Waals surface area contributed by atoms with Crippen molar-refractivity contribution in [1.82, 2.24) is 10.9 Å². The first-order valence-electron chi connectivity index (χ1n) is 5.15. The van der Waals surface area contributed by atoms with Crippen molar-refractivity contribution >= 4 is 29.4 Å². The number of nitrogens with one attached hydrogen (secondary N) is 2. The number of aliphatic carboxylic acids is 1. The molecule has 0 fully saturated rings. The summed E-state index contributed by atoms with van der Waals surface area (Å²) in [5, 5.41) is 10.8. The highest BCUT2D eigenvalue weighted by molar-refractivity contribution is 6.30. The van der Waals surface area contributed by atoms with Crippen LogP contribution in [0.2, 0.25) is 5.02 Å². The normalized spacial score (nSPS) is 10.7. The minimum absolute atomic E-state index is 0.252. The number of rotatable bonds is 3. The fourth-order valence-corrected chi connectivity index (χ4v) is 1.21. The molecule has 2 amide bonds. The molecule has 1 aromatic carbocycles. The molecule has 0 saturated carbocycles. The maximum Gasteiger partial charge on any atom is 0.269 e. The average molecular weight is 282 g/mol. The number of halogens is 1. The van der Waals surface area contributed by atoms with Gasteiger partial charge in [0.05, 0.1) is 5.97 Å². The van der Waals surface area contributed by atoms with E-state index in [1.165, 1.54) is 31.2 Å². The van der Waals surface area contributed by atoms with Gasteiger partial charge in [-0.2, -0.15) is 0 Å². The smallest absolute Gasteiger partial charge is 0.269 e. The van der Waals surface area contributed by atoms with Crippen molar-refractivity contribution in [3.8, 4) is 0 Å². The van der Waals surface area contributed by atoms with E-state index in [2.05, 4.69) is 5.43 Å². The summed E-state index contributed by atoms with van der Waals surface area (Å²) in [4.78, 5) is 33.2. The molecule has 1 rings (SSSR count). The Bertz CT molecular complexity index is 537. The quantitative estimate of drug-likeness (QED) is 0.592. The lowest BCUT2D eigenvalue weighted by Gasteiger charge is -2.06. The van der Waals surface area contributed by atoms with Crippen molar-refractivity contribution in [2.24, 2.45) is 0 Å². The molecule has 6 nitrogen and oxygen atoms in total. The summed E-state index contributed by atoms with van der Waals surface area (Å²) in [6.07, 6.45) is 0.803. The van der Waals surface area contributed by atoms with Gasteiger partial charge in [-0.05, 0) is 36.8 Å². The summed E-state index contributed by atoms with van der Waals surface area (Å²) < 4.78 is 0. The molecule has 2 N–H and O–H groups in total. The van der Waals surface area contributed by atoms with E-state index >= 15 is 0 Å². The van der Waals surface area contributed by atoms with Crippen molar-refractivity contribution in [3.63, 3.8) is 0 Å². The van der Waals surface area contributed by atoms with Crippen LogP contribution in [0.4, 0.5) is 0 Å². The predicted octanol–water partition coefficient (Wildman–Crippen LogP) is -0.203. The Morgan fingerprint density at radius 3 is 2.26 bits per heavy atom. The van der Waals surface area contributed by atoms with Gasteiger partial charge in [-0.3, -0.25) is 20.4 Å². The largest absolute Gasteiger partial charge is 0.545 e. The van der Waals surface area contributed by atoms with E-state index in [9.17, 15) is 19.5 Å². The second kappa shape index (κ2) is 6.55.